The maximum absolute atomic E-state index is 11.6. The van der Waals surface area contributed by atoms with Crippen molar-refractivity contribution in [3.05, 3.63) is 52.0 Å². The quantitative estimate of drug-likeness (QED) is 0.766. The van der Waals surface area contributed by atoms with Crippen LogP contribution in [0.1, 0.15) is 16.3 Å². The standard InChI is InChI=1S/C15H9Cl2N3O2/c1-7-18-6-8-5-9(12-10(16)3-2-4-11(12)17)13(15(21)22)20-14(8)19-7/h2-6H,1H3,(H,21,22). The van der Waals surface area contributed by atoms with E-state index in [1.165, 1.54) is 0 Å². The second kappa shape index (κ2) is 5.51. The molecular weight excluding hydrogens is 325 g/mol. The Balaban J connectivity index is 2.39. The lowest BCUT2D eigenvalue weighted by atomic mass is 10.0. The fourth-order valence-electron chi connectivity index (χ4n) is 2.16. The van der Waals surface area contributed by atoms with Crippen molar-refractivity contribution in [1.82, 2.24) is 15.0 Å². The summed E-state index contributed by atoms with van der Waals surface area (Å²) in [4.78, 5) is 23.9. The summed E-state index contributed by atoms with van der Waals surface area (Å²) >= 11 is 12.4. The number of nitrogens with zero attached hydrogens (tertiary/aromatic N) is 3. The lowest BCUT2D eigenvalue weighted by Gasteiger charge is -2.11. The summed E-state index contributed by atoms with van der Waals surface area (Å²) in [5, 5.41) is 10.8. The summed E-state index contributed by atoms with van der Waals surface area (Å²) in [6.07, 6.45) is 1.59. The van der Waals surface area contributed by atoms with Gasteiger partial charge < -0.3 is 5.11 Å². The monoisotopic (exact) mass is 333 g/mol. The molecule has 0 amide bonds. The number of rotatable bonds is 2. The Morgan fingerprint density at radius 3 is 2.50 bits per heavy atom. The van der Waals surface area contributed by atoms with E-state index in [0.29, 0.717) is 38.0 Å². The highest BCUT2D eigenvalue weighted by atomic mass is 35.5. The van der Waals surface area contributed by atoms with E-state index >= 15 is 0 Å². The predicted molar refractivity (Wildman–Crippen MR) is 84.5 cm³/mol. The first kappa shape index (κ1) is 14.7. The SMILES string of the molecule is Cc1ncc2cc(-c3c(Cl)cccc3Cl)c(C(=O)O)nc2n1. The van der Waals surface area contributed by atoms with Crippen LogP contribution in [0.4, 0.5) is 0 Å². The van der Waals surface area contributed by atoms with Crippen LogP contribution in [0.2, 0.25) is 10.0 Å². The summed E-state index contributed by atoms with van der Waals surface area (Å²) in [5.74, 6) is -0.663. The number of carboxylic acid groups (broad SMARTS) is 1. The molecule has 0 aliphatic heterocycles. The summed E-state index contributed by atoms with van der Waals surface area (Å²) in [6, 6.07) is 6.61. The van der Waals surface area contributed by atoms with Gasteiger partial charge in [-0.3, -0.25) is 0 Å². The Labute approximate surface area is 135 Å². The Morgan fingerprint density at radius 1 is 1.18 bits per heavy atom. The fraction of sp³-hybridized carbons (Fsp3) is 0.0667. The molecule has 0 bridgehead atoms. The van der Waals surface area contributed by atoms with E-state index in [2.05, 4.69) is 15.0 Å². The van der Waals surface area contributed by atoms with E-state index in [1.54, 1.807) is 37.4 Å². The summed E-state index contributed by atoms with van der Waals surface area (Å²) in [7, 11) is 0. The van der Waals surface area contributed by atoms with Crippen LogP contribution in [-0.4, -0.2) is 26.0 Å². The van der Waals surface area contributed by atoms with Crippen molar-refractivity contribution in [2.45, 2.75) is 6.92 Å². The number of aromatic carboxylic acids is 1. The number of halogens is 2. The largest absolute Gasteiger partial charge is 0.476 e. The first-order valence-electron chi connectivity index (χ1n) is 6.29. The number of hydrogen-bond acceptors (Lipinski definition) is 4. The van der Waals surface area contributed by atoms with Gasteiger partial charge in [0.15, 0.2) is 11.3 Å². The highest BCUT2D eigenvalue weighted by Crippen LogP contribution is 2.37. The van der Waals surface area contributed by atoms with E-state index in [-0.39, 0.29) is 5.69 Å². The summed E-state index contributed by atoms with van der Waals surface area (Å²) in [6.45, 7) is 1.71. The minimum atomic E-state index is -1.18. The third kappa shape index (κ3) is 2.49. The van der Waals surface area contributed by atoms with Gasteiger partial charge in [-0.1, -0.05) is 29.3 Å². The molecule has 0 aliphatic rings. The number of fused-ring (bicyclic) bond motifs is 1. The number of benzene rings is 1. The Bertz CT molecular complexity index is 892. The molecule has 0 saturated carbocycles. The topological polar surface area (TPSA) is 76.0 Å². The molecule has 1 N–H and O–H groups in total. The van der Waals surface area contributed by atoms with Gasteiger partial charge in [0.25, 0.3) is 0 Å². The van der Waals surface area contributed by atoms with Crippen molar-refractivity contribution in [3.63, 3.8) is 0 Å². The van der Waals surface area contributed by atoms with Gasteiger partial charge in [-0.15, -0.1) is 0 Å². The molecule has 5 nitrogen and oxygen atoms in total. The van der Waals surface area contributed by atoms with Crippen molar-refractivity contribution in [2.24, 2.45) is 0 Å². The molecule has 3 aromatic rings. The molecule has 110 valence electrons. The van der Waals surface area contributed by atoms with E-state index in [4.69, 9.17) is 23.2 Å². The number of hydrogen-bond donors (Lipinski definition) is 1. The molecule has 22 heavy (non-hydrogen) atoms. The molecular formula is C15H9Cl2N3O2. The molecule has 0 radical (unpaired) electrons. The lowest BCUT2D eigenvalue weighted by Crippen LogP contribution is -2.05. The molecule has 2 aromatic heterocycles. The van der Waals surface area contributed by atoms with E-state index < -0.39 is 5.97 Å². The third-order valence-electron chi connectivity index (χ3n) is 3.12. The predicted octanol–water partition coefficient (Wildman–Crippen LogP) is 4.01. The highest BCUT2D eigenvalue weighted by Gasteiger charge is 2.20. The van der Waals surface area contributed by atoms with Crippen molar-refractivity contribution < 1.29 is 9.90 Å². The molecule has 0 saturated heterocycles. The number of aryl methyl sites for hydroxylation is 1. The second-order valence-electron chi connectivity index (χ2n) is 4.62. The Hall–Kier alpha value is -2.24. The number of carboxylic acids is 1. The van der Waals surface area contributed by atoms with Crippen LogP contribution < -0.4 is 0 Å². The number of carbonyl (C=O) groups is 1. The van der Waals surface area contributed by atoms with Crippen LogP contribution >= 0.6 is 23.2 Å². The van der Waals surface area contributed by atoms with E-state index in [1.807, 2.05) is 0 Å². The summed E-state index contributed by atoms with van der Waals surface area (Å²) < 4.78 is 0. The van der Waals surface area contributed by atoms with Crippen LogP contribution in [-0.2, 0) is 0 Å². The molecule has 0 fully saturated rings. The van der Waals surface area contributed by atoms with Crippen molar-refractivity contribution in [3.8, 4) is 11.1 Å². The first-order valence-corrected chi connectivity index (χ1v) is 7.05. The summed E-state index contributed by atoms with van der Waals surface area (Å²) in [5.41, 5.74) is 0.929. The Kier molecular flexibility index (Phi) is 3.68. The van der Waals surface area contributed by atoms with Gasteiger partial charge in [-0.25, -0.2) is 19.7 Å². The number of pyridine rings is 1. The van der Waals surface area contributed by atoms with Gasteiger partial charge in [0.05, 0.1) is 0 Å². The molecule has 7 heteroatoms. The zero-order chi connectivity index (χ0) is 15.9. The van der Waals surface area contributed by atoms with Gasteiger partial charge in [0.1, 0.15) is 5.82 Å². The minimum absolute atomic E-state index is 0.152. The van der Waals surface area contributed by atoms with Crippen molar-refractivity contribution in [2.75, 3.05) is 0 Å². The van der Waals surface area contributed by atoms with Gasteiger partial charge in [0.2, 0.25) is 0 Å². The van der Waals surface area contributed by atoms with Gasteiger partial charge in [-0.05, 0) is 25.1 Å². The third-order valence-corrected chi connectivity index (χ3v) is 3.75. The number of aromatic nitrogens is 3. The van der Waals surface area contributed by atoms with Crippen LogP contribution in [0, 0.1) is 6.92 Å². The lowest BCUT2D eigenvalue weighted by molar-refractivity contribution is 0.0692. The molecule has 2 heterocycles. The average molecular weight is 334 g/mol. The maximum Gasteiger partial charge on any atom is 0.355 e. The Morgan fingerprint density at radius 2 is 1.86 bits per heavy atom. The van der Waals surface area contributed by atoms with E-state index in [0.717, 1.165) is 0 Å². The normalized spacial score (nSPS) is 10.9. The maximum atomic E-state index is 11.6. The smallest absolute Gasteiger partial charge is 0.355 e. The van der Waals surface area contributed by atoms with Crippen LogP contribution in [0.15, 0.2) is 30.5 Å². The van der Waals surface area contributed by atoms with Gasteiger partial charge in [0, 0.05) is 32.8 Å². The van der Waals surface area contributed by atoms with Gasteiger partial charge in [-0.2, -0.15) is 0 Å². The molecule has 0 aliphatic carbocycles. The molecule has 0 unspecified atom stereocenters. The minimum Gasteiger partial charge on any atom is -0.476 e. The first-order chi connectivity index (χ1) is 10.5. The average Bonchev–Trinajstić information content (AvgIpc) is 2.46. The molecule has 3 rings (SSSR count). The molecule has 0 spiro atoms. The van der Waals surface area contributed by atoms with E-state index in [9.17, 15) is 9.90 Å². The molecule has 1 aromatic carbocycles. The van der Waals surface area contributed by atoms with Crippen molar-refractivity contribution in [1.29, 1.82) is 0 Å². The van der Waals surface area contributed by atoms with Crippen LogP contribution in [0.5, 0.6) is 0 Å². The zero-order valence-electron chi connectivity index (χ0n) is 11.3. The van der Waals surface area contributed by atoms with Gasteiger partial charge >= 0.3 is 5.97 Å². The fourth-order valence-corrected chi connectivity index (χ4v) is 2.76. The van der Waals surface area contributed by atoms with Crippen molar-refractivity contribution >= 4 is 40.2 Å². The molecule has 0 atom stereocenters. The zero-order valence-corrected chi connectivity index (χ0v) is 12.9. The highest BCUT2D eigenvalue weighted by molar-refractivity contribution is 6.39. The second-order valence-corrected chi connectivity index (χ2v) is 5.43. The van der Waals surface area contributed by atoms with Crippen LogP contribution in [0.3, 0.4) is 0 Å². The van der Waals surface area contributed by atoms with Crippen LogP contribution in [0.25, 0.3) is 22.2 Å².